The lowest BCUT2D eigenvalue weighted by Crippen LogP contribution is -2.14. The Morgan fingerprint density at radius 1 is 0.720 bits per heavy atom. The summed E-state index contributed by atoms with van der Waals surface area (Å²) < 4.78 is 0. The van der Waals surface area contributed by atoms with Crippen molar-refractivity contribution < 1.29 is 5.11 Å². The molecular formula is C16H19N6OPS. The third kappa shape index (κ3) is 6.11. The van der Waals surface area contributed by atoms with Crippen LogP contribution in [0.15, 0.2) is 73.6 Å². The summed E-state index contributed by atoms with van der Waals surface area (Å²) in [5, 5.41) is 17.0. The summed E-state index contributed by atoms with van der Waals surface area (Å²) in [6, 6.07) is 11.3. The van der Waals surface area contributed by atoms with Gasteiger partial charge in [0.2, 0.25) is 6.49 Å². The normalized spacial score (nSPS) is 10.2. The number of nitrogens with zero attached hydrogens (tertiary/aromatic N) is 3. The molecule has 0 unspecified atom stereocenters. The number of aliphatic hydroxyl groups is 1. The predicted molar refractivity (Wildman–Crippen MR) is 106 cm³/mol. The van der Waals surface area contributed by atoms with Crippen molar-refractivity contribution in [2.75, 3.05) is 22.4 Å². The molecule has 3 aromatic heterocycles. The highest BCUT2D eigenvalue weighted by molar-refractivity contribution is 8.16. The van der Waals surface area contributed by atoms with E-state index in [0.717, 1.165) is 24.2 Å². The molecule has 0 aromatic carbocycles. The van der Waals surface area contributed by atoms with Crippen molar-refractivity contribution >= 4 is 35.4 Å². The van der Waals surface area contributed by atoms with Crippen LogP contribution in [0.1, 0.15) is 0 Å². The number of hydrogen-bond acceptors (Lipinski definition) is 5. The monoisotopic (exact) mass is 374 g/mol. The fraction of sp³-hybridized carbons (Fsp3) is 0.0625. The van der Waals surface area contributed by atoms with Gasteiger partial charge in [-0.1, -0.05) is 0 Å². The second kappa shape index (κ2) is 9.68. The SMILES string of the molecule is CO.S=P(Nc1cccnc1)(Nc1cccnc1)Nc1cccnc1. The van der Waals surface area contributed by atoms with Gasteiger partial charge in [0.05, 0.1) is 35.7 Å². The second-order valence-electron chi connectivity index (χ2n) is 4.67. The number of pyridine rings is 3. The first kappa shape index (κ1) is 18.8. The first-order valence-electron chi connectivity index (χ1n) is 7.33. The molecule has 25 heavy (non-hydrogen) atoms. The van der Waals surface area contributed by atoms with Crippen LogP contribution >= 0.6 is 6.49 Å². The fourth-order valence-corrected chi connectivity index (χ4v) is 4.52. The molecule has 0 saturated carbocycles. The summed E-state index contributed by atoms with van der Waals surface area (Å²) in [5.41, 5.74) is 2.51. The van der Waals surface area contributed by atoms with Gasteiger partial charge in [-0.2, -0.15) is 0 Å². The molecule has 0 atom stereocenters. The number of rotatable bonds is 6. The molecule has 0 saturated heterocycles. The molecule has 3 heterocycles. The lowest BCUT2D eigenvalue weighted by atomic mass is 10.4. The molecule has 0 aliphatic rings. The maximum atomic E-state index is 7.00. The van der Waals surface area contributed by atoms with Crippen molar-refractivity contribution in [2.24, 2.45) is 0 Å². The molecule has 3 aromatic rings. The zero-order valence-electron chi connectivity index (χ0n) is 13.6. The van der Waals surface area contributed by atoms with Crippen molar-refractivity contribution in [3.05, 3.63) is 73.6 Å². The second-order valence-corrected chi connectivity index (χ2v) is 8.20. The van der Waals surface area contributed by atoms with Crippen molar-refractivity contribution in [3.63, 3.8) is 0 Å². The van der Waals surface area contributed by atoms with Crippen LogP contribution in [0.2, 0.25) is 0 Å². The molecule has 7 nitrogen and oxygen atoms in total. The van der Waals surface area contributed by atoms with Gasteiger partial charge in [0.15, 0.2) is 0 Å². The minimum Gasteiger partial charge on any atom is -0.400 e. The number of aliphatic hydroxyl groups excluding tert-OH is 1. The Bertz CT molecular complexity index is 683. The number of anilines is 3. The maximum Gasteiger partial charge on any atom is 0.211 e. The quantitative estimate of drug-likeness (QED) is 0.488. The van der Waals surface area contributed by atoms with Crippen LogP contribution < -0.4 is 15.3 Å². The molecule has 0 amide bonds. The highest BCUT2D eigenvalue weighted by Gasteiger charge is 2.17. The van der Waals surface area contributed by atoms with Gasteiger partial charge >= 0.3 is 0 Å². The van der Waals surface area contributed by atoms with Gasteiger partial charge in [0.1, 0.15) is 0 Å². The Kier molecular flexibility index (Phi) is 7.28. The molecule has 3 rings (SSSR count). The molecule has 130 valence electrons. The topological polar surface area (TPSA) is 95.0 Å². The Labute approximate surface area is 151 Å². The third-order valence-corrected chi connectivity index (χ3v) is 5.39. The van der Waals surface area contributed by atoms with Crippen LogP contribution in [0.25, 0.3) is 0 Å². The number of hydrogen-bond donors (Lipinski definition) is 4. The average Bonchev–Trinajstić information content (AvgIpc) is 2.65. The van der Waals surface area contributed by atoms with Crippen LogP contribution in [-0.4, -0.2) is 27.2 Å². The largest absolute Gasteiger partial charge is 0.400 e. The van der Waals surface area contributed by atoms with E-state index in [9.17, 15) is 0 Å². The third-order valence-electron chi connectivity index (χ3n) is 2.84. The van der Waals surface area contributed by atoms with E-state index >= 15 is 0 Å². The van der Waals surface area contributed by atoms with Gasteiger partial charge in [0, 0.05) is 25.7 Å². The molecule has 9 heteroatoms. The summed E-state index contributed by atoms with van der Waals surface area (Å²) in [6.07, 6.45) is 10.4. The highest BCUT2D eigenvalue weighted by atomic mass is 32.4. The minimum atomic E-state index is -2.42. The van der Waals surface area contributed by atoms with Crippen LogP contribution in [-0.2, 0) is 11.8 Å². The van der Waals surface area contributed by atoms with Gasteiger partial charge in [-0.25, -0.2) is 0 Å². The Morgan fingerprint density at radius 2 is 1.04 bits per heavy atom. The summed E-state index contributed by atoms with van der Waals surface area (Å²) in [5.74, 6) is 0. The summed E-state index contributed by atoms with van der Waals surface area (Å²) in [4.78, 5) is 12.3. The van der Waals surface area contributed by atoms with Crippen molar-refractivity contribution in [1.82, 2.24) is 15.0 Å². The lowest BCUT2D eigenvalue weighted by Gasteiger charge is -2.27. The Hall–Kier alpha value is -2.54. The van der Waals surface area contributed by atoms with Gasteiger partial charge in [-0.3, -0.25) is 15.0 Å². The zero-order chi connectivity index (χ0) is 18.0. The Balaban J connectivity index is 0.00000109. The number of nitrogens with one attached hydrogen (secondary N) is 3. The van der Waals surface area contributed by atoms with E-state index in [0.29, 0.717) is 0 Å². The highest BCUT2D eigenvalue weighted by Crippen LogP contribution is 2.45. The average molecular weight is 374 g/mol. The molecular weight excluding hydrogens is 355 g/mol. The van der Waals surface area contributed by atoms with E-state index in [1.165, 1.54) is 0 Å². The first-order chi connectivity index (χ1) is 12.2. The van der Waals surface area contributed by atoms with Crippen LogP contribution in [0.4, 0.5) is 17.1 Å². The predicted octanol–water partition coefficient (Wildman–Crippen LogP) is 3.34. The fourth-order valence-electron chi connectivity index (χ4n) is 1.92. The summed E-state index contributed by atoms with van der Waals surface area (Å²) in [7, 11) is 1.00. The molecule has 0 radical (unpaired) electrons. The zero-order valence-corrected chi connectivity index (χ0v) is 15.3. The standard InChI is InChI=1S/C15H15N6PS.CH4O/c23-22(19-13-4-1-7-16-10-13,20-14-5-2-8-17-11-14)21-15-6-3-9-18-12-15;1-2/h1-12H,(H3,19,20,21,23);2H,1H3. The summed E-state index contributed by atoms with van der Waals surface area (Å²) >= 11 is 5.84. The molecule has 0 spiro atoms. The Morgan fingerprint density at radius 3 is 1.28 bits per heavy atom. The van der Waals surface area contributed by atoms with Gasteiger partial charge < -0.3 is 20.4 Å². The molecule has 0 aliphatic heterocycles. The van der Waals surface area contributed by atoms with Gasteiger partial charge in [-0.15, -0.1) is 0 Å². The first-order valence-corrected chi connectivity index (χ1v) is 10.1. The molecule has 0 aliphatic carbocycles. The van der Waals surface area contributed by atoms with E-state index in [2.05, 4.69) is 30.2 Å². The molecule has 0 fully saturated rings. The molecule has 0 bridgehead atoms. The van der Waals surface area contributed by atoms with E-state index in [-0.39, 0.29) is 0 Å². The van der Waals surface area contributed by atoms with Crippen molar-refractivity contribution in [3.8, 4) is 0 Å². The maximum absolute atomic E-state index is 7.00. The van der Waals surface area contributed by atoms with E-state index < -0.39 is 6.49 Å². The van der Waals surface area contributed by atoms with Gasteiger partial charge in [-0.05, 0) is 48.2 Å². The van der Waals surface area contributed by atoms with E-state index in [1.807, 2.05) is 36.4 Å². The van der Waals surface area contributed by atoms with E-state index in [1.54, 1.807) is 37.2 Å². The summed E-state index contributed by atoms with van der Waals surface area (Å²) in [6.45, 7) is -2.42. The molecule has 4 N–H and O–H groups in total. The van der Waals surface area contributed by atoms with Crippen LogP contribution in [0, 0.1) is 0 Å². The van der Waals surface area contributed by atoms with Crippen LogP contribution in [0.5, 0.6) is 0 Å². The van der Waals surface area contributed by atoms with Crippen LogP contribution in [0.3, 0.4) is 0 Å². The lowest BCUT2D eigenvalue weighted by molar-refractivity contribution is 0.399. The number of aromatic nitrogens is 3. The van der Waals surface area contributed by atoms with Crippen molar-refractivity contribution in [1.29, 1.82) is 0 Å². The van der Waals surface area contributed by atoms with Crippen molar-refractivity contribution in [2.45, 2.75) is 0 Å². The van der Waals surface area contributed by atoms with Gasteiger partial charge in [0.25, 0.3) is 0 Å². The smallest absolute Gasteiger partial charge is 0.211 e. The minimum absolute atomic E-state index is 0.837. The van der Waals surface area contributed by atoms with E-state index in [4.69, 9.17) is 16.9 Å².